The quantitative estimate of drug-likeness (QED) is 0.873. The number of halogens is 2. The molecule has 2 aromatic heterocycles. The lowest BCUT2D eigenvalue weighted by Gasteiger charge is -2.29. The van der Waals surface area contributed by atoms with Crippen LogP contribution in [0.4, 0.5) is 14.6 Å². The molecule has 1 aliphatic carbocycles. The molecule has 2 aromatic rings. The van der Waals surface area contributed by atoms with Gasteiger partial charge in [-0.05, 0) is 31.9 Å². The second-order valence-electron chi connectivity index (χ2n) is 6.10. The first-order chi connectivity index (χ1) is 11.3. The molecule has 24 heavy (non-hydrogen) atoms. The summed E-state index contributed by atoms with van der Waals surface area (Å²) in [6.45, 7) is 1.91. The minimum Gasteiger partial charge on any atom is -0.367 e. The number of aromatic nitrogens is 2. The molecule has 2 heterocycles. The summed E-state index contributed by atoms with van der Waals surface area (Å²) in [5.41, 5.74) is 1.56. The monoisotopic (exact) mass is 371 g/mol. The molecule has 0 radical (unpaired) electrons. The van der Waals surface area contributed by atoms with E-state index in [-0.39, 0.29) is 18.9 Å². The lowest BCUT2D eigenvalue weighted by molar-refractivity contribution is -0.0361. The maximum atomic E-state index is 13.3. The van der Waals surface area contributed by atoms with Gasteiger partial charge in [0.05, 0.1) is 0 Å². The molecule has 4 nitrogen and oxygen atoms in total. The molecule has 0 aromatic carbocycles. The van der Waals surface area contributed by atoms with Crippen molar-refractivity contribution in [2.75, 3.05) is 11.6 Å². The summed E-state index contributed by atoms with van der Waals surface area (Å²) in [6.07, 6.45) is 2.20. The standard InChI is InChI=1S/C16H19F2N3OS2/c1-10-9-23-15(19-10)13-7-12(24(2)22)8-14(21-13)20-11-3-5-16(17,18)6-4-11/h7-9,11H,3-6H2,1-2H3,(H,20,21). The van der Waals surface area contributed by atoms with Crippen molar-refractivity contribution in [2.45, 2.75) is 49.5 Å². The summed E-state index contributed by atoms with van der Waals surface area (Å²) in [6, 6.07) is 3.46. The molecule has 8 heteroatoms. The number of nitrogens with zero attached hydrogens (tertiary/aromatic N) is 2. The number of nitrogens with one attached hydrogen (secondary N) is 1. The SMILES string of the molecule is Cc1csc(-c2cc(S(C)=O)cc(NC3CCC(F)(F)CC3)n2)n1. The van der Waals surface area contributed by atoms with Gasteiger partial charge in [0.1, 0.15) is 16.5 Å². The third-order valence-corrected chi connectivity index (χ3v) is 5.92. The van der Waals surface area contributed by atoms with Crippen LogP contribution in [0, 0.1) is 6.92 Å². The van der Waals surface area contributed by atoms with Crippen LogP contribution in [0.1, 0.15) is 31.4 Å². The van der Waals surface area contributed by atoms with Crippen molar-refractivity contribution in [3.05, 3.63) is 23.2 Å². The van der Waals surface area contributed by atoms with Gasteiger partial charge in [0.15, 0.2) is 0 Å². The number of anilines is 1. The van der Waals surface area contributed by atoms with E-state index in [9.17, 15) is 13.0 Å². The number of alkyl halides is 2. The zero-order valence-corrected chi connectivity index (χ0v) is 15.1. The minimum absolute atomic E-state index is 0.0384. The zero-order chi connectivity index (χ0) is 17.3. The van der Waals surface area contributed by atoms with Crippen LogP contribution < -0.4 is 5.32 Å². The van der Waals surface area contributed by atoms with E-state index in [1.807, 2.05) is 12.3 Å². The van der Waals surface area contributed by atoms with E-state index in [4.69, 9.17) is 0 Å². The molecular weight excluding hydrogens is 352 g/mol. The van der Waals surface area contributed by atoms with Crippen molar-refractivity contribution in [1.29, 1.82) is 0 Å². The highest BCUT2D eigenvalue weighted by atomic mass is 32.2. The maximum Gasteiger partial charge on any atom is 0.248 e. The van der Waals surface area contributed by atoms with Gasteiger partial charge >= 0.3 is 0 Å². The average Bonchev–Trinajstić information content (AvgIpc) is 2.96. The Kier molecular flexibility index (Phi) is 4.96. The van der Waals surface area contributed by atoms with Gasteiger partial charge in [0.25, 0.3) is 0 Å². The van der Waals surface area contributed by atoms with Crippen molar-refractivity contribution in [3.8, 4) is 10.7 Å². The van der Waals surface area contributed by atoms with E-state index in [1.165, 1.54) is 11.3 Å². The molecule has 1 atom stereocenters. The van der Waals surface area contributed by atoms with Crippen molar-refractivity contribution in [2.24, 2.45) is 0 Å². The van der Waals surface area contributed by atoms with Gasteiger partial charge in [0.2, 0.25) is 5.92 Å². The molecule has 1 aliphatic rings. The van der Waals surface area contributed by atoms with Crippen LogP contribution in [0.15, 0.2) is 22.4 Å². The Morgan fingerprint density at radius 1 is 1.29 bits per heavy atom. The summed E-state index contributed by atoms with van der Waals surface area (Å²) >= 11 is 1.48. The maximum absolute atomic E-state index is 13.3. The van der Waals surface area contributed by atoms with Crippen LogP contribution in [-0.2, 0) is 10.8 Å². The normalized spacial score (nSPS) is 19.2. The topological polar surface area (TPSA) is 54.9 Å². The summed E-state index contributed by atoms with van der Waals surface area (Å²) in [5.74, 6) is -1.98. The van der Waals surface area contributed by atoms with E-state index >= 15 is 0 Å². The third kappa shape index (κ3) is 4.16. The fraction of sp³-hybridized carbons (Fsp3) is 0.500. The van der Waals surface area contributed by atoms with Crippen LogP contribution >= 0.6 is 11.3 Å². The molecule has 1 unspecified atom stereocenters. The van der Waals surface area contributed by atoms with Gasteiger partial charge in [-0.3, -0.25) is 4.21 Å². The lowest BCUT2D eigenvalue weighted by atomic mass is 9.92. The van der Waals surface area contributed by atoms with E-state index in [1.54, 1.807) is 18.4 Å². The van der Waals surface area contributed by atoms with Crippen molar-refractivity contribution in [3.63, 3.8) is 0 Å². The van der Waals surface area contributed by atoms with Crippen LogP contribution in [-0.4, -0.2) is 32.4 Å². The Morgan fingerprint density at radius 2 is 2.00 bits per heavy atom. The van der Waals surface area contributed by atoms with E-state index in [0.29, 0.717) is 29.2 Å². The first-order valence-electron chi connectivity index (χ1n) is 7.75. The van der Waals surface area contributed by atoms with Gasteiger partial charge in [-0.1, -0.05) is 0 Å². The fourth-order valence-electron chi connectivity index (χ4n) is 2.72. The Balaban J connectivity index is 1.84. The summed E-state index contributed by atoms with van der Waals surface area (Å²) in [4.78, 5) is 9.61. The lowest BCUT2D eigenvalue weighted by Crippen LogP contribution is -2.32. The highest BCUT2D eigenvalue weighted by Crippen LogP contribution is 2.34. The Bertz CT molecular complexity index is 754. The molecule has 130 valence electrons. The van der Waals surface area contributed by atoms with Crippen molar-refractivity contribution in [1.82, 2.24) is 9.97 Å². The predicted octanol–water partition coefficient (Wildman–Crippen LogP) is 4.24. The van der Waals surface area contributed by atoms with Gasteiger partial charge in [0, 0.05) is 51.9 Å². The molecular formula is C16H19F2N3OS2. The van der Waals surface area contributed by atoms with Gasteiger partial charge < -0.3 is 5.32 Å². The van der Waals surface area contributed by atoms with E-state index < -0.39 is 16.7 Å². The molecule has 0 bridgehead atoms. The number of pyridine rings is 1. The minimum atomic E-state index is -2.55. The molecule has 0 aliphatic heterocycles. The zero-order valence-electron chi connectivity index (χ0n) is 13.5. The van der Waals surface area contributed by atoms with E-state index in [2.05, 4.69) is 15.3 Å². The van der Waals surface area contributed by atoms with Crippen LogP contribution in [0.5, 0.6) is 0 Å². The summed E-state index contributed by atoms with van der Waals surface area (Å²) in [7, 11) is -1.16. The Morgan fingerprint density at radius 3 is 2.58 bits per heavy atom. The summed E-state index contributed by atoms with van der Waals surface area (Å²) < 4.78 is 38.5. The van der Waals surface area contributed by atoms with Crippen LogP contribution in [0.25, 0.3) is 10.7 Å². The Labute approximate surface area is 146 Å². The van der Waals surface area contributed by atoms with Gasteiger partial charge in [-0.2, -0.15) is 0 Å². The number of thiazole rings is 1. The highest BCUT2D eigenvalue weighted by molar-refractivity contribution is 7.84. The number of aryl methyl sites for hydroxylation is 1. The third-order valence-electron chi connectivity index (χ3n) is 4.04. The number of hydrogen-bond donors (Lipinski definition) is 1. The fourth-order valence-corrected chi connectivity index (χ4v) is 4.03. The largest absolute Gasteiger partial charge is 0.367 e. The van der Waals surface area contributed by atoms with Gasteiger partial charge in [-0.25, -0.2) is 18.7 Å². The molecule has 1 saturated carbocycles. The first kappa shape index (κ1) is 17.4. The summed E-state index contributed by atoms with van der Waals surface area (Å²) in [5, 5.41) is 5.92. The van der Waals surface area contributed by atoms with Gasteiger partial charge in [-0.15, -0.1) is 11.3 Å². The molecule has 1 fully saturated rings. The van der Waals surface area contributed by atoms with Crippen LogP contribution in [0.3, 0.4) is 0 Å². The number of rotatable bonds is 4. The molecule has 0 saturated heterocycles. The smallest absolute Gasteiger partial charge is 0.248 e. The van der Waals surface area contributed by atoms with Crippen molar-refractivity contribution >= 4 is 28.0 Å². The second-order valence-corrected chi connectivity index (χ2v) is 8.33. The van der Waals surface area contributed by atoms with Crippen LogP contribution in [0.2, 0.25) is 0 Å². The van der Waals surface area contributed by atoms with Crippen molar-refractivity contribution < 1.29 is 13.0 Å². The average molecular weight is 371 g/mol. The number of hydrogen-bond acceptors (Lipinski definition) is 5. The molecule has 0 amide bonds. The van der Waals surface area contributed by atoms with E-state index in [0.717, 1.165) is 10.7 Å². The Hall–Kier alpha value is -1.41. The second kappa shape index (κ2) is 6.84. The molecule has 0 spiro atoms. The first-order valence-corrected chi connectivity index (χ1v) is 10.2. The predicted molar refractivity (Wildman–Crippen MR) is 93.2 cm³/mol. The molecule has 3 rings (SSSR count). The molecule has 1 N–H and O–H groups in total. The highest BCUT2D eigenvalue weighted by Gasteiger charge is 2.35.